The molecule has 142 valence electrons. The fourth-order valence-corrected chi connectivity index (χ4v) is 3.19. The van der Waals surface area contributed by atoms with Crippen molar-refractivity contribution in [3.05, 3.63) is 48.2 Å². The van der Waals surface area contributed by atoms with Crippen LogP contribution in [0.1, 0.15) is 52.0 Å². The second kappa shape index (κ2) is 10.3. The van der Waals surface area contributed by atoms with E-state index in [0.29, 0.717) is 18.9 Å². The number of rotatable bonds is 8. The van der Waals surface area contributed by atoms with Crippen LogP contribution in [-0.2, 0) is 9.53 Å². The number of hydrogen-bond donors (Lipinski definition) is 0. The Labute approximate surface area is 158 Å². The lowest BCUT2D eigenvalue weighted by atomic mass is 9.98. The number of aliphatic imine (C=N–C) groups is 1. The van der Waals surface area contributed by atoms with Gasteiger partial charge in [0.05, 0.1) is 12.6 Å². The maximum Gasteiger partial charge on any atom is 0.159 e. The number of unbranched alkanes of at least 4 members (excludes halogenated alkanes) is 1. The normalized spacial score (nSPS) is 19.3. The molecule has 1 aromatic rings. The van der Waals surface area contributed by atoms with E-state index in [1.54, 1.807) is 13.2 Å². The Hall–Kier alpha value is -1.94. The molecule has 0 fully saturated rings. The maximum absolute atomic E-state index is 12.0. The van der Waals surface area contributed by atoms with Crippen LogP contribution in [0.5, 0.6) is 0 Å². The summed E-state index contributed by atoms with van der Waals surface area (Å²) >= 11 is 0. The number of ketones is 1. The van der Waals surface area contributed by atoms with Crippen molar-refractivity contribution in [2.24, 2.45) is 10.9 Å². The van der Waals surface area contributed by atoms with Crippen LogP contribution in [0.2, 0.25) is 0 Å². The monoisotopic (exact) mass is 356 g/mol. The van der Waals surface area contributed by atoms with Crippen LogP contribution in [0.15, 0.2) is 47.6 Å². The minimum absolute atomic E-state index is 0.0769. The molecule has 4 heteroatoms. The highest BCUT2D eigenvalue weighted by Gasteiger charge is 2.27. The van der Waals surface area contributed by atoms with Crippen LogP contribution in [-0.4, -0.2) is 42.3 Å². The van der Waals surface area contributed by atoms with E-state index in [1.165, 1.54) is 0 Å². The Bertz CT molecular complexity index is 622. The maximum atomic E-state index is 12.0. The van der Waals surface area contributed by atoms with Gasteiger partial charge in [-0.25, -0.2) is 0 Å². The van der Waals surface area contributed by atoms with Crippen molar-refractivity contribution in [3.63, 3.8) is 0 Å². The first kappa shape index (κ1) is 20.4. The number of nitrogens with zero attached hydrogens (tertiary/aromatic N) is 2. The van der Waals surface area contributed by atoms with Crippen LogP contribution in [0.3, 0.4) is 0 Å². The average molecular weight is 357 g/mol. The molecule has 1 aromatic carbocycles. The molecule has 0 saturated heterocycles. The predicted octanol–water partition coefficient (Wildman–Crippen LogP) is 4.45. The number of benzene rings is 1. The van der Waals surface area contributed by atoms with Crippen molar-refractivity contribution in [2.45, 2.75) is 58.5 Å². The highest BCUT2D eigenvalue weighted by Crippen LogP contribution is 2.23. The van der Waals surface area contributed by atoms with Gasteiger partial charge in [-0.15, -0.1) is 0 Å². The first-order chi connectivity index (χ1) is 12.6. The van der Waals surface area contributed by atoms with Gasteiger partial charge in [0.2, 0.25) is 0 Å². The van der Waals surface area contributed by atoms with Gasteiger partial charge in [-0.1, -0.05) is 63.9 Å². The van der Waals surface area contributed by atoms with E-state index < -0.39 is 0 Å². The number of amidine groups is 1. The number of hydrogen-bond acceptors (Lipinski definition) is 3. The molecule has 0 radical (unpaired) electrons. The van der Waals surface area contributed by atoms with E-state index in [1.807, 2.05) is 24.4 Å². The SMILES string of the molecule is CCCC[C@@H]1CC(=O)C=CN1C(=N[C@H](COC)C(C)C)c1ccccc1. The number of methoxy groups -OCH3 is 1. The number of allylic oxidation sites excluding steroid dienone is 1. The Morgan fingerprint density at radius 1 is 1.31 bits per heavy atom. The lowest BCUT2D eigenvalue weighted by Crippen LogP contribution is -2.41. The van der Waals surface area contributed by atoms with Gasteiger partial charge in [0.15, 0.2) is 5.78 Å². The second-order valence-corrected chi connectivity index (χ2v) is 7.27. The van der Waals surface area contributed by atoms with Crippen molar-refractivity contribution >= 4 is 11.6 Å². The Morgan fingerprint density at radius 2 is 2.04 bits per heavy atom. The molecule has 0 bridgehead atoms. The summed E-state index contributed by atoms with van der Waals surface area (Å²) in [4.78, 5) is 19.3. The summed E-state index contributed by atoms with van der Waals surface area (Å²) < 4.78 is 5.40. The van der Waals surface area contributed by atoms with Gasteiger partial charge >= 0.3 is 0 Å². The molecule has 0 aromatic heterocycles. The van der Waals surface area contributed by atoms with Crippen LogP contribution < -0.4 is 0 Å². The third-order valence-electron chi connectivity index (χ3n) is 4.81. The van der Waals surface area contributed by atoms with E-state index in [4.69, 9.17) is 9.73 Å². The summed E-state index contributed by atoms with van der Waals surface area (Å²) in [5, 5.41) is 0. The Balaban J connectivity index is 2.44. The van der Waals surface area contributed by atoms with Crippen LogP contribution in [0.25, 0.3) is 0 Å². The number of ether oxygens (including phenoxy) is 1. The molecule has 1 aliphatic heterocycles. The summed E-state index contributed by atoms with van der Waals surface area (Å²) in [5.41, 5.74) is 1.08. The average Bonchev–Trinajstić information content (AvgIpc) is 2.64. The molecule has 4 nitrogen and oxygen atoms in total. The smallest absolute Gasteiger partial charge is 0.159 e. The van der Waals surface area contributed by atoms with E-state index in [-0.39, 0.29) is 17.9 Å². The summed E-state index contributed by atoms with van der Waals surface area (Å²) in [6.45, 7) is 7.11. The molecule has 0 aliphatic carbocycles. The van der Waals surface area contributed by atoms with Gasteiger partial charge in [-0.05, 0) is 18.4 Å². The Morgan fingerprint density at radius 3 is 2.65 bits per heavy atom. The van der Waals surface area contributed by atoms with Gasteiger partial charge in [0.25, 0.3) is 0 Å². The van der Waals surface area contributed by atoms with Gasteiger partial charge < -0.3 is 9.64 Å². The molecule has 2 rings (SSSR count). The van der Waals surface area contributed by atoms with Crippen LogP contribution >= 0.6 is 0 Å². The fourth-order valence-electron chi connectivity index (χ4n) is 3.19. The molecule has 0 saturated carbocycles. The van der Waals surface area contributed by atoms with E-state index in [9.17, 15) is 4.79 Å². The summed E-state index contributed by atoms with van der Waals surface area (Å²) in [6.07, 6.45) is 7.38. The molecule has 0 spiro atoms. The molecule has 2 atom stereocenters. The quantitative estimate of drug-likeness (QED) is 0.510. The fraction of sp³-hybridized carbons (Fsp3) is 0.545. The molecule has 0 unspecified atom stereocenters. The minimum Gasteiger partial charge on any atom is -0.382 e. The van der Waals surface area contributed by atoms with Gasteiger partial charge in [-0.3, -0.25) is 9.79 Å². The predicted molar refractivity (Wildman–Crippen MR) is 107 cm³/mol. The molecule has 1 aliphatic rings. The zero-order valence-corrected chi connectivity index (χ0v) is 16.5. The highest BCUT2D eigenvalue weighted by atomic mass is 16.5. The summed E-state index contributed by atoms with van der Waals surface area (Å²) in [7, 11) is 1.72. The van der Waals surface area contributed by atoms with E-state index in [0.717, 1.165) is 30.7 Å². The van der Waals surface area contributed by atoms with Gasteiger partial charge in [-0.2, -0.15) is 0 Å². The van der Waals surface area contributed by atoms with Crippen LogP contribution in [0.4, 0.5) is 0 Å². The topological polar surface area (TPSA) is 41.9 Å². The third kappa shape index (κ3) is 5.53. The zero-order valence-electron chi connectivity index (χ0n) is 16.5. The van der Waals surface area contributed by atoms with Crippen LogP contribution in [0, 0.1) is 5.92 Å². The van der Waals surface area contributed by atoms with Crippen molar-refractivity contribution in [3.8, 4) is 0 Å². The largest absolute Gasteiger partial charge is 0.382 e. The molecule has 0 amide bonds. The molecular formula is C22H32N2O2. The van der Waals surface area contributed by atoms with Gasteiger partial charge in [0, 0.05) is 31.3 Å². The van der Waals surface area contributed by atoms with E-state index >= 15 is 0 Å². The van der Waals surface area contributed by atoms with E-state index in [2.05, 4.69) is 37.8 Å². The van der Waals surface area contributed by atoms with Crippen molar-refractivity contribution in [1.82, 2.24) is 4.90 Å². The highest BCUT2D eigenvalue weighted by molar-refractivity contribution is 6.02. The van der Waals surface area contributed by atoms with Gasteiger partial charge in [0.1, 0.15) is 5.84 Å². The standard InChI is InChI=1S/C22H32N2O2/c1-5-6-12-19-15-20(25)13-14-24(19)22(18-10-8-7-9-11-18)23-21(16-26-4)17(2)3/h7-11,13-14,17,19,21H,5-6,12,15-16H2,1-4H3/t19-,21-/m1/s1. The lowest BCUT2D eigenvalue weighted by molar-refractivity contribution is -0.116. The van der Waals surface area contributed by atoms with Crippen molar-refractivity contribution in [1.29, 1.82) is 0 Å². The summed E-state index contributed by atoms with van der Waals surface area (Å²) in [5.74, 6) is 1.51. The second-order valence-electron chi connectivity index (χ2n) is 7.27. The summed E-state index contributed by atoms with van der Waals surface area (Å²) in [6, 6.07) is 10.5. The first-order valence-corrected chi connectivity index (χ1v) is 9.68. The molecular weight excluding hydrogens is 324 g/mol. The zero-order chi connectivity index (χ0) is 18.9. The molecule has 0 N–H and O–H groups in total. The lowest BCUT2D eigenvalue weighted by Gasteiger charge is -2.35. The third-order valence-corrected chi connectivity index (χ3v) is 4.81. The van der Waals surface area contributed by atoms with Crippen molar-refractivity contribution in [2.75, 3.05) is 13.7 Å². The number of carbonyl (C=O) groups is 1. The number of carbonyl (C=O) groups excluding carboxylic acids is 1. The minimum atomic E-state index is 0.0769. The first-order valence-electron chi connectivity index (χ1n) is 9.68. The molecule has 1 heterocycles. The van der Waals surface area contributed by atoms with Crippen molar-refractivity contribution < 1.29 is 9.53 Å². The Kier molecular flexibility index (Phi) is 8.05. The molecule has 26 heavy (non-hydrogen) atoms.